The molecule has 0 radical (unpaired) electrons. The van der Waals surface area contributed by atoms with E-state index in [0.717, 1.165) is 0 Å². The molecule has 5 rings (SSSR count). The summed E-state index contributed by atoms with van der Waals surface area (Å²) < 4.78 is 0. The van der Waals surface area contributed by atoms with Crippen molar-refractivity contribution in [3.63, 3.8) is 0 Å². The average Bonchev–Trinajstić information content (AvgIpc) is 3.34. The molecule has 150 valence electrons. The van der Waals surface area contributed by atoms with E-state index in [-0.39, 0.29) is 51.0 Å². The predicted molar refractivity (Wildman–Crippen MR) is 123 cm³/mol. The Morgan fingerprint density at radius 3 is 1.93 bits per heavy atom. The number of halogens is 2. The van der Waals surface area contributed by atoms with Gasteiger partial charge in [0, 0.05) is 8.80 Å². The summed E-state index contributed by atoms with van der Waals surface area (Å²) in [4.78, 5) is 0. The molecule has 0 heterocycles. The average molecular weight is 527 g/mol. The van der Waals surface area contributed by atoms with Crippen molar-refractivity contribution in [2.75, 3.05) is 0 Å². The van der Waals surface area contributed by atoms with Crippen LogP contribution in [-0.2, 0) is 26.2 Å². The van der Waals surface area contributed by atoms with E-state index in [1.54, 1.807) is 5.19 Å². The van der Waals surface area contributed by atoms with Crippen molar-refractivity contribution in [1.29, 1.82) is 0 Å². The second kappa shape index (κ2) is 12.4. The van der Waals surface area contributed by atoms with Crippen LogP contribution in [0, 0.1) is 0 Å². The maximum absolute atomic E-state index is 2.40. The van der Waals surface area contributed by atoms with Gasteiger partial charge in [-0.05, 0) is 0 Å². The molecule has 0 fully saturated rings. The van der Waals surface area contributed by atoms with Crippen LogP contribution in [0.5, 0.6) is 0 Å². The van der Waals surface area contributed by atoms with E-state index in [0.29, 0.717) is 0 Å². The molecule has 0 nitrogen and oxygen atoms in total. The number of benzene rings is 3. The number of rotatable bonds is 2. The summed E-state index contributed by atoms with van der Waals surface area (Å²) in [6.07, 6.45) is 0. The van der Waals surface area contributed by atoms with Gasteiger partial charge in [-0.25, -0.2) is 0 Å². The molecular weight excluding hydrogens is 503 g/mol. The smallest absolute Gasteiger partial charge is 1.00 e. The molecule has 0 unspecified atom stereocenters. The Morgan fingerprint density at radius 2 is 1.27 bits per heavy atom. The third-order valence-corrected chi connectivity index (χ3v) is 6.76. The van der Waals surface area contributed by atoms with Crippen LogP contribution in [0.25, 0.3) is 32.7 Å². The zero-order chi connectivity index (χ0) is 18.6. The van der Waals surface area contributed by atoms with Gasteiger partial charge >= 0.3 is 26.2 Å². The summed E-state index contributed by atoms with van der Waals surface area (Å²) >= 11 is 0. The first-order chi connectivity index (χ1) is 13.2. The van der Waals surface area contributed by atoms with Gasteiger partial charge in [0.25, 0.3) is 0 Å². The summed E-state index contributed by atoms with van der Waals surface area (Å²) in [5.41, 5.74) is 2.82. The van der Waals surface area contributed by atoms with E-state index in [2.05, 4.69) is 116 Å². The number of hydrogen-bond acceptors (Lipinski definition) is 0. The van der Waals surface area contributed by atoms with Crippen LogP contribution < -0.4 is 30.0 Å². The number of hydrogen-bond donors (Lipinski definition) is 0. The van der Waals surface area contributed by atoms with Crippen LogP contribution in [0.3, 0.4) is 0 Å². The van der Waals surface area contributed by atoms with Crippen LogP contribution in [0.1, 0.15) is 0 Å². The largest absolute Gasteiger partial charge is 4.00 e. The molecule has 30 heavy (non-hydrogen) atoms. The van der Waals surface area contributed by atoms with Gasteiger partial charge in [0.05, 0.1) is 0 Å². The van der Waals surface area contributed by atoms with Crippen molar-refractivity contribution >= 4 is 35.5 Å². The van der Waals surface area contributed by atoms with Gasteiger partial charge in [0.2, 0.25) is 0 Å². The van der Waals surface area contributed by atoms with Gasteiger partial charge in [-0.15, -0.1) is 75.4 Å². The summed E-state index contributed by atoms with van der Waals surface area (Å²) in [7, 11) is -0.813. The molecule has 0 atom stereocenters. The zero-order valence-electron chi connectivity index (χ0n) is 17.1. The van der Waals surface area contributed by atoms with Crippen molar-refractivity contribution in [3.05, 3.63) is 103 Å². The first kappa shape index (κ1) is 26.6. The molecule has 0 N–H and O–H groups in total. The molecular formula is C26H24Cl2SiZr. The van der Waals surface area contributed by atoms with Crippen LogP contribution in [0.4, 0.5) is 0 Å². The van der Waals surface area contributed by atoms with Crippen LogP contribution >= 0.6 is 0 Å². The molecule has 0 saturated carbocycles. The van der Waals surface area contributed by atoms with E-state index in [4.69, 9.17) is 0 Å². The van der Waals surface area contributed by atoms with Crippen molar-refractivity contribution in [2.45, 2.75) is 13.1 Å². The Bertz CT molecular complexity index is 1130. The summed E-state index contributed by atoms with van der Waals surface area (Å²) in [6, 6.07) is 36.6. The molecule has 0 aromatic heterocycles. The quantitative estimate of drug-likeness (QED) is 0.232. The molecule has 0 aliphatic rings. The fraction of sp³-hybridized carbons (Fsp3) is 0.0769. The fourth-order valence-corrected chi connectivity index (χ4v) is 5.11. The van der Waals surface area contributed by atoms with E-state index in [1.807, 2.05) is 0 Å². The Balaban J connectivity index is 0.000000321. The van der Waals surface area contributed by atoms with Gasteiger partial charge in [-0.1, -0.05) is 61.1 Å². The second-order valence-corrected chi connectivity index (χ2v) is 10.2. The Morgan fingerprint density at radius 1 is 0.667 bits per heavy atom. The summed E-state index contributed by atoms with van der Waals surface area (Å²) in [5, 5.41) is 7.03. The molecule has 5 aromatic rings. The monoisotopic (exact) mass is 524 g/mol. The Labute approximate surface area is 212 Å². The zero-order valence-corrected chi connectivity index (χ0v) is 22.3. The first-order valence-electron chi connectivity index (χ1n) is 9.58. The van der Waals surface area contributed by atoms with Crippen LogP contribution in [0.15, 0.2) is 103 Å². The molecule has 0 spiro atoms. The minimum Gasteiger partial charge on any atom is -1.00 e. The first-order valence-corrected chi connectivity index (χ1v) is 12.5. The van der Waals surface area contributed by atoms with Gasteiger partial charge in [0.15, 0.2) is 0 Å². The Hall–Kier alpha value is -1.44. The van der Waals surface area contributed by atoms with Gasteiger partial charge in [-0.2, -0.15) is 17.5 Å². The standard InChI is InChI=1S/C17H17Si.C9H7.2ClH.Zr/c1-18(2)16-12-14-10-6-7-11-15(14)17(16)13-8-4-3-5-9-13;1-2-5-9-7-3-6-8(9)4-1;;;/h3-12,18H,1-2H3;1-7H;2*1H;/q2*-1;;;+4/p-2. The normalized spacial score (nSPS) is 9.83. The molecule has 0 bridgehead atoms. The van der Waals surface area contributed by atoms with Crippen molar-refractivity contribution in [3.8, 4) is 11.1 Å². The van der Waals surface area contributed by atoms with Gasteiger partial charge < -0.3 is 24.8 Å². The van der Waals surface area contributed by atoms with E-state index in [9.17, 15) is 0 Å². The Kier molecular flexibility index (Phi) is 11.0. The molecule has 0 aliphatic carbocycles. The molecule has 0 aliphatic heterocycles. The summed E-state index contributed by atoms with van der Waals surface area (Å²) in [6.45, 7) is 4.81. The third-order valence-electron chi connectivity index (χ3n) is 5.06. The SMILES string of the molecule is C[SiH](C)c1[cH-]c2ccccc2c1-c1ccccc1.[Cl-].[Cl-].[Zr+4].c1ccc2[cH-]ccc2c1. The van der Waals surface area contributed by atoms with Crippen molar-refractivity contribution in [1.82, 2.24) is 0 Å². The fourth-order valence-electron chi connectivity index (χ4n) is 3.70. The molecule has 5 aromatic carbocycles. The maximum atomic E-state index is 2.40. The minimum atomic E-state index is -0.813. The van der Waals surface area contributed by atoms with E-state index in [1.165, 1.54) is 32.7 Å². The molecule has 0 amide bonds. The topological polar surface area (TPSA) is 0 Å². The van der Waals surface area contributed by atoms with Crippen molar-refractivity contribution in [2.24, 2.45) is 0 Å². The summed E-state index contributed by atoms with van der Waals surface area (Å²) in [5.74, 6) is 0. The minimum absolute atomic E-state index is 0. The van der Waals surface area contributed by atoms with Crippen LogP contribution in [0.2, 0.25) is 13.1 Å². The van der Waals surface area contributed by atoms with Gasteiger partial charge in [0.1, 0.15) is 0 Å². The van der Waals surface area contributed by atoms with E-state index < -0.39 is 8.80 Å². The number of fused-ring (bicyclic) bond motifs is 2. The molecule has 0 saturated heterocycles. The second-order valence-electron chi connectivity index (χ2n) is 7.24. The van der Waals surface area contributed by atoms with Crippen molar-refractivity contribution < 1.29 is 51.0 Å². The maximum Gasteiger partial charge on any atom is 4.00 e. The van der Waals surface area contributed by atoms with Crippen LogP contribution in [-0.4, -0.2) is 8.80 Å². The molecule has 4 heteroatoms. The van der Waals surface area contributed by atoms with E-state index >= 15 is 0 Å². The third kappa shape index (κ3) is 5.83. The predicted octanol–water partition coefficient (Wildman–Crippen LogP) is 0.484. The van der Waals surface area contributed by atoms with Gasteiger partial charge in [-0.3, -0.25) is 0 Å².